The Hall–Kier alpha value is -2.40. The zero-order chi connectivity index (χ0) is 20.0. The van der Waals surface area contributed by atoms with Crippen molar-refractivity contribution >= 4 is 38.5 Å². The highest BCUT2D eigenvalue weighted by Gasteiger charge is 2.31. The number of unbranched alkanes of at least 4 members (excludes halogenated alkanes) is 1. The van der Waals surface area contributed by atoms with E-state index < -0.39 is 24.2 Å². The van der Waals surface area contributed by atoms with Gasteiger partial charge in [0.1, 0.15) is 5.75 Å². The number of aromatic nitrogens is 1. The second-order valence-corrected chi connectivity index (χ2v) is 6.74. The van der Waals surface area contributed by atoms with Gasteiger partial charge in [0, 0.05) is 6.07 Å². The second kappa shape index (κ2) is 9.00. The number of rotatable bonds is 8. The fraction of sp³-hybridized carbons (Fsp3) is 0.438. The lowest BCUT2D eigenvalue weighted by Crippen LogP contribution is -2.43. The molecule has 0 unspecified atom stereocenters. The first-order valence-electron chi connectivity index (χ1n) is 8.17. The first kappa shape index (κ1) is 20.9. The van der Waals surface area contributed by atoms with Crippen molar-refractivity contribution in [3.05, 3.63) is 18.2 Å². The van der Waals surface area contributed by atoms with Crippen LogP contribution in [0.1, 0.15) is 26.2 Å². The summed E-state index contributed by atoms with van der Waals surface area (Å²) in [5, 5.41) is 5.12. The molecule has 0 bridgehead atoms. The maximum Gasteiger partial charge on any atom is 0.573 e. The van der Waals surface area contributed by atoms with Crippen LogP contribution in [0.3, 0.4) is 0 Å². The molecule has 2 rings (SSSR count). The summed E-state index contributed by atoms with van der Waals surface area (Å²) in [6.07, 6.45) is -2.53. The minimum Gasteiger partial charge on any atom is -0.406 e. The molecule has 0 radical (unpaired) electrons. The molecule has 0 aliphatic carbocycles. The van der Waals surface area contributed by atoms with Crippen LogP contribution in [0.4, 0.5) is 18.3 Å². The number of nitrogens with two attached hydrogens (primary N) is 1. The predicted octanol–water partition coefficient (Wildman–Crippen LogP) is 2.77. The molecule has 1 aromatic carbocycles. The molecule has 0 aliphatic rings. The van der Waals surface area contributed by atoms with E-state index >= 15 is 0 Å². The molecule has 1 heterocycles. The number of hydrogen-bond acceptors (Lipinski definition) is 6. The SMILES string of the molecule is CCCC[C@H](N)C(=O)NCC(=O)Nc1nc2ccc(OC(F)(F)F)cc2s1. The molecule has 2 aromatic rings. The third-order valence-electron chi connectivity index (χ3n) is 3.47. The Labute approximate surface area is 157 Å². The van der Waals surface area contributed by atoms with Crippen molar-refractivity contribution in [2.75, 3.05) is 11.9 Å². The second-order valence-electron chi connectivity index (χ2n) is 5.71. The molecule has 0 aliphatic heterocycles. The van der Waals surface area contributed by atoms with Crippen LogP contribution in [0.25, 0.3) is 10.2 Å². The fourth-order valence-electron chi connectivity index (χ4n) is 2.17. The maximum atomic E-state index is 12.3. The van der Waals surface area contributed by atoms with E-state index in [1.807, 2.05) is 6.92 Å². The Morgan fingerprint density at radius 2 is 2.11 bits per heavy atom. The van der Waals surface area contributed by atoms with Gasteiger partial charge in [0.25, 0.3) is 0 Å². The molecule has 0 spiro atoms. The zero-order valence-electron chi connectivity index (χ0n) is 14.4. The van der Waals surface area contributed by atoms with E-state index in [2.05, 4.69) is 20.4 Å². The number of nitrogens with one attached hydrogen (secondary N) is 2. The van der Waals surface area contributed by atoms with Crippen molar-refractivity contribution in [3.8, 4) is 5.75 Å². The van der Waals surface area contributed by atoms with E-state index in [1.54, 1.807) is 0 Å². The normalized spacial score (nSPS) is 12.6. The molecule has 2 amide bonds. The van der Waals surface area contributed by atoms with Gasteiger partial charge < -0.3 is 21.1 Å². The van der Waals surface area contributed by atoms with Crippen LogP contribution in [-0.2, 0) is 9.59 Å². The number of amides is 2. The fourth-order valence-corrected chi connectivity index (χ4v) is 3.08. The van der Waals surface area contributed by atoms with Gasteiger partial charge in [0.2, 0.25) is 11.8 Å². The summed E-state index contributed by atoms with van der Waals surface area (Å²) in [6.45, 7) is 1.70. The number of fused-ring (bicyclic) bond motifs is 1. The molecule has 4 N–H and O–H groups in total. The molecule has 0 saturated heterocycles. The first-order chi connectivity index (χ1) is 12.7. The number of halogens is 3. The van der Waals surface area contributed by atoms with E-state index in [9.17, 15) is 22.8 Å². The van der Waals surface area contributed by atoms with Gasteiger partial charge in [-0.15, -0.1) is 13.2 Å². The Morgan fingerprint density at radius 1 is 1.37 bits per heavy atom. The van der Waals surface area contributed by atoms with Gasteiger partial charge in [-0.2, -0.15) is 0 Å². The number of carbonyl (C=O) groups excluding carboxylic acids is 2. The number of carbonyl (C=O) groups is 2. The number of ether oxygens (including phenoxy) is 1. The molecule has 1 aromatic heterocycles. The van der Waals surface area contributed by atoms with Crippen molar-refractivity contribution < 1.29 is 27.5 Å². The van der Waals surface area contributed by atoms with Crippen molar-refractivity contribution in [3.63, 3.8) is 0 Å². The summed E-state index contributed by atoms with van der Waals surface area (Å²) in [4.78, 5) is 27.8. The smallest absolute Gasteiger partial charge is 0.406 e. The predicted molar refractivity (Wildman–Crippen MR) is 95.4 cm³/mol. The quantitative estimate of drug-likeness (QED) is 0.627. The number of anilines is 1. The maximum absolute atomic E-state index is 12.3. The first-order valence-corrected chi connectivity index (χ1v) is 8.99. The van der Waals surface area contributed by atoms with E-state index in [-0.39, 0.29) is 17.4 Å². The monoisotopic (exact) mass is 404 g/mol. The number of nitrogens with zero attached hydrogens (tertiary/aromatic N) is 1. The Bertz CT molecular complexity index is 810. The molecule has 27 heavy (non-hydrogen) atoms. The largest absolute Gasteiger partial charge is 0.573 e. The average Bonchev–Trinajstić information content (AvgIpc) is 2.97. The van der Waals surface area contributed by atoms with E-state index in [1.165, 1.54) is 12.1 Å². The number of thiazole rings is 1. The lowest BCUT2D eigenvalue weighted by molar-refractivity contribution is -0.274. The number of hydrogen-bond donors (Lipinski definition) is 3. The molecule has 148 valence electrons. The van der Waals surface area contributed by atoms with Crippen LogP contribution < -0.4 is 21.1 Å². The molecular formula is C16H19F3N4O3S. The molecule has 7 nitrogen and oxygen atoms in total. The molecule has 11 heteroatoms. The third kappa shape index (κ3) is 6.68. The summed E-state index contributed by atoms with van der Waals surface area (Å²) < 4.78 is 41.0. The van der Waals surface area contributed by atoms with Crippen molar-refractivity contribution in [2.24, 2.45) is 5.73 Å². The van der Waals surface area contributed by atoms with Crippen LogP contribution in [-0.4, -0.2) is 35.7 Å². The minimum absolute atomic E-state index is 0.198. The summed E-state index contributed by atoms with van der Waals surface area (Å²) in [7, 11) is 0. The molecule has 0 saturated carbocycles. The van der Waals surface area contributed by atoms with Crippen LogP contribution in [0, 0.1) is 0 Å². The lowest BCUT2D eigenvalue weighted by Gasteiger charge is -2.11. The van der Waals surface area contributed by atoms with Crippen molar-refractivity contribution in [2.45, 2.75) is 38.6 Å². The van der Waals surface area contributed by atoms with Crippen LogP contribution >= 0.6 is 11.3 Å². The highest BCUT2D eigenvalue weighted by atomic mass is 32.1. The lowest BCUT2D eigenvalue weighted by atomic mass is 10.1. The summed E-state index contributed by atoms with van der Waals surface area (Å²) in [6, 6.07) is 3.01. The molecule has 1 atom stereocenters. The van der Waals surface area contributed by atoms with Crippen LogP contribution in [0.2, 0.25) is 0 Å². The molecule has 0 fully saturated rings. The minimum atomic E-state index is -4.79. The van der Waals surface area contributed by atoms with Gasteiger partial charge in [-0.25, -0.2) is 4.98 Å². The van der Waals surface area contributed by atoms with Gasteiger partial charge in [-0.1, -0.05) is 31.1 Å². The van der Waals surface area contributed by atoms with Gasteiger partial charge >= 0.3 is 6.36 Å². The Balaban J connectivity index is 1.92. The van der Waals surface area contributed by atoms with Gasteiger partial charge in [-0.3, -0.25) is 9.59 Å². The van der Waals surface area contributed by atoms with E-state index in [0.717, 1.165) is 30.2 Å². The van der Waals surface area contributed by atoms with E-state index in [0.29, 0.717) is 16.6 Å². The summed E-state index contributed by atoms with van der Waals surface area (Å²) in [5.74, 6) is -1.31. The van der Waals surface area contributed by atoms with Crippen LogP contribution in [0.5, 0.6) is 5.75 Å². The number of alkyl halides is 3. The molecular weight excluding hydrogens is 385 g/mol. The van der Waals surface area contributed by atoms with E-state index in [4.69, 9.17) is 5.73 Å². The van der Waals surface area contributed by atoms with Crippen molar-refractivity contribution in [1.82, 2.24) is 10.3 Å². The highest BCUT2D eigenvalue weighted by Crippen LogP contribution is 2.31. The third-order valence-corrected chi connectivity index (χ3v) is 4.40. The highest BCUT2D eigenvalue weighted by molar-refractivity contribution is 7.22. The average molecular weight is 404 g/mol. The van der Waals surface area contributed by atoms with Gasteiger partial charge in [-0.05, 0) is 18.6 Å². The Kier molecular flexibility index (Phi) is 6.97. The van der Waals surface area contributed by atoms with Crippen LogP contribution in [0.15, 0.2) is 18.2 Å². The van der Waals surface area contributed by atoms with Crippen molar-refractivity contribution in [1.29, 1.82) is 0 Å². The standard InChI is InChI=1S/C16H19F3N4O3S/c1-2-3-4-10(20)14(25)21-8-13(24)23-15-22-11-6-5-9(7-12(11)27-15)26-16(17,18)19/h5-7,10H,2-4,8,20H2,1H3,(H,21,25)(H,22,23,24)/t10-/m0/s1. The summed E-state index contributed by atoms with van der Waals surface area (Å²) >= 11 is 0.990. The Morgan fingerprint density at radius 3 is 2.78 bits per heavy atom. The number of benzene rings is 1. The zero-order valence-corrected chi connectivity index (χ0v) is 15.2. The topological polar surface area (TPSA) is 106 Å². The van der Waals surface area contributed by atoms with Gasteiger partial charge in [0.15, 0.2) is 5.13 Å². The summed E-state index contributed by atoms with van der Waals surface area (Å²) in [5.41, 5.74) is 6.12. The van der Waals surface area contributed by atoms with Gasteiger partial charge in [0.05, 0.1) is 22.8 Å².